The van der Waals surface area contributed by atoms with Gasteiger partial charge in [0, 0.05) is 11.9 Å². The number of hydrogen-bond donors (Lipinski definition) is 2. The molecule has 26 heavy (non-hydrogen) atoms. The molecule has 2 aromatic rings. The van der Waals surface area contributed by atoms with Gasteiger partial charge in [-0.1, -0.05) is 18.2 Å². The van der Waals surface area contributed by atoms with Crippen LogP contribution in [0.4, 0.5) is 5.69 Å². The number of sulfone groups is 1. The van der Waals surface area contributed by atoms with Gasteiger partial charge in [-0.2, -0.15) is 0 Å². The summed E-state index contributed by atoms with van der Waals surface area (Å²) in [6.07, 6.45) is 1.04. The first-order valence-electron chi connectivity index (χ1n) is 7.84. The van der Waals surface area contributed by atoms with E-state index < -0.39 is 33.4 Å². The molecule has 0 saturated heterocycles. The lowest BCUT2D eigenvalue weighted by atomic mass is 10.0. The lowest BCUT2D eigenvalue weighted by Gasteiger charge is -2.26. The van der Waals surface area contributed by atoms with Crippen LogP contribution < -0.4 is 5.73 Å². The van der Waals surface area contributed by atoms with Crippen molar-refractivity contribution in [1.29, 1.82) is 0 Å². The highest BCUT2D eigenvalue weighted by Gasteiger charge is 2.42. The van der Waals surface area contributed by atoms with E-state index in [0.29, 0.717) is 11.1 Å². The summed E-state index contributed by atoms with van der Waals surface area (Å²) in [5, 5.41) is 9.72. The standard InChI is InChI=1S/C18H18N2O5S/c1-10-8-11(6-7-15(10)21)14(9-26(2,24)25)20-17(22)12-4-3-5-13(19)16(12)18(20)23/h3-8,14,21H,9,19H2,1-2H3. The molecule has 0 aromatic heterocycles. The summed E-state index contributed by atoms with van der Waals surface area (Å²) in [7, 11) is -3.52. The highest BCUT2D eigenvalue weighted by Crippen LogP contribution is 2.35. The summed E-state index contributed by atoms with van der Waals surface area (Å²) in [6, 6.07) is 8.04. The molecular formula is C18H18N2O5S. The predicted octanol–water partition coefficient (Wildman–Crippen LogP) is 1.66. The minimum atomic E-state index is -3.52. The number of aromatic hydroxyl groups is 1. The number of phenols is 1. The normalized spacial score (nSPS) is 15.2. The smallest absolute Gasteiger partial charge is 0.264 e. The molecule has 1 heterocycles. The van der Waals surface area contributed by atoms with Crippen LogP contribution in [0.2, 0.25) is 0 Å². The fourth-order valence-corrected chi connectivity index (χ4v) is 4.02. The molecule has 1 aliphatic rings. The molecule has 3 rings (SSSR count). The van der Waals surface area contributed by atoms with Crippen molar-refractivity contribution in [3.63, 3.8) is 0 Å². The zero-order valence-corrected chi connectivity index (χ0v) is 15.1. The monoisotopic (exact) mass is 374 g/mol. The second-order valence-corrected chi connectivity index (χ2v) is 8.59. The Morgan fingerprint density at radius 3 is 2.42 bits per heavy atom. The minimum absolute atomic E-state index is 0.0402. The highest BCUT2D eigenvalue weighted by atomic mass is 32.2. The van der Waals surface area contributed by atoms with Crippen LogP contribution in [0.25, 0.3) is 0 Å². The van der Waals surface area contributed by atoms with Crippen molar-refractivity contribution in [2.45, 2.75) is 13.0 Å². The fraction of sp³-hybridized carbons (Fsp3) is 0.222. The number of carbonyl (C=O) groups excluding carboxylic acids is 2. The fourth-order valence-electron chi connectivity index (χ4n) is 3.11. The predicted molar refractivity (Wildman–Crippen MR) is 96.7 cm³/mol. The van der Waals surface area contributed by atoms with Crippen molar-refractivity contribution in [2.24, 2.45) is 0 Å². The Kier molecular flexibility index (Phi) is 4.23. The van der Waals surface area contributed by atoms with E-state index in [4.69, 9.17) is 5.73 Å². The number of nitrogens with zero attached hydrogens (tertiary/aromatic N) is 1. The van der Waals surface area contributed by atoms with Crippen LogP contribution in [0.15, 0.2) is 36.4 Å². The van der Waals surface area contributed by atoms with Gasteiger partial charge >= 0.3 is 0 Å². The third kappa shape index (κ3) is 3.03. The van der Waals surface area contributed by atoms with Gasteiger partial charge in [0.1, 0.15) is 15.6 Å². The van der Waals surface area contributed by atoms with E-state index in [1.807, 2.05) is 0 Å². The Labute approximate surface area is 151 Å². The quantitative estimate of drug-likeness (QED) is 0.621. The van der Waals surface area contributed by atoms with Crippen molar-refractivity contribution in [3.05, 3.63) is 58.7 Å². The van der Waals surface area contributed by atoms with Crippen LogP contribution in [0.3, 0.4) is 0 Å². The van der Waals surface area contributed by atoms with Gasteiger partial charge in [-0.05, 0) is 36.2 Å². The van der Waals surface area contributed by atoms with Crippen LogP contribution in [0.1, 0.15) is 37.9 Å². The van der Waals surface area contributed by atoms with Gasteiger partial charge in [-0.3, -0.25) is 14.5 Å². The Morgan fingerprint density at radius 1 is 1.15 bits per heavy atom. The molecule has 3 N–H and O–H groups in total. The van der Waals surface area contributed by atoms with Crippen molar-refractivity contribution in [2.75, 3.05) is 17.7 Å². The molecule has 0 fully saturated rings. The molecule has 136 valence electrons. The van der Waals surface area contributed by atoms with Crippen LogP contribution in [0.5, 0.6) is 5.75 Å². The SMILES string of the molecule is Cc1cc(C(CS(C)(=O)=O)N2C(=O)c3cccc(N)c3C2=O)ccc1O. The summed E-state index contributed by atoms with van der Waals surface area (Å²) in [5.41, 5.74) is 7.22. The molecule has 0 saturated carbocycles. The van der Waals surface area contributed by atoms with E-state index in [-0.39, 0.29) is 22.6 Å². The number of aryl methyl sites for hydroxylation is 1. The number of fused-ring (bicyclic) bond motifs is 1. The van der Waals surface area contributed by atoms with Gasteiger partial charge in [-0.25, -0.2) is 8.42 Å². The molecule has 0 aliphatic carbocycles. The Balaban J connectivity index is 2.14. The molecule has 0 radical (unpaired) electrons. The van der Waals surface area contributed by atoms with Gasteiger partial charge in [0.15, 0.2) is 0 Å². The number of benzene rings is 2. The van der Waals surface area contributed by atoms with Crippen LogP contribution in [0, 0.1) is 6.92 Å². The van der Waals surface area contributed by atoms with E-state index >= 15 is 0 Å². The number of phenolic OH excluding ortho intramolecular Hbond substituents is 1. The Hall–Kier alpha value is -2.87. The first-order chi connectivity index (χ1) is 12.1. The molecule has 0 bridgehead atoms. The highest BCUT2D eigenvalue weighted by molar-refractivity contribution is 7.90. The van der Waals surface area contributed by atoms with Gasteiger partial charge < -0.3 is 10.8 Å². The molecule has 1 unspecified atom stereocenters. The average molecular weight is 374 g/mol. The van der Waals surface area contributed by atoms with E-state index in [1.54, 1.807) is 19.1 Å². The van der Waals surface area contributed by atoms with E-state index in [2.05, 4.69) is 0 Å². The van der Waals surface area contributed by atoms with Crippen LogP contribution in [-0.2, 0) is 9.84 Å². The van der Waals surface area contributed by atoms with E-state index in [9.17, 15) is 23.1 Å². The maximum atomic E-state index is 12.9. The Bertz CT molecular complexity index is 1030. The summed E-state index contributed by atoms with van der Waals surface area (Å²) in [4.78, 5) is 26.6. The number of amides is 2. The zero-order valence-electron chi connectivity index (χ0n) is 14.3. The number of carbonyl (C=O) groups is 2. The lowest BCUT2D eigenvalue weighted by Crippen LogP contribution is -2.37. The molecular weight excluding hydrogens is 356 g/mol. The molecule has 2 amide bonds. The lowest BCUT2D eigenvalue weighted by molar-refractivity contribution is 0.0598. The molecule has 7 nitrogen and oxygen atoms in total. The van der Waals surface area contributed by atoms with E-state index in [0.717, 1.165) is 11.2 Å². The number of rotatable bonds is 4. The van der Waals surface area contributed by atoms with Crippen molar-refractivity contribution < 1.29 is 23.1 Å². The second-order valence-electron chi connectivity index (χ2n) is 6.40. The maximum Gasteiger partial charge on any atom is 0.264 e. The number of hydrogen-bond acceptors (Lipinski definition) is 6. The van der Waals surface area contributed by atoms with Crippen LogP contribution >= 0.6 is 0 Å². The first-order valence-corrected chi connectivity index (χ1v) is 9.90. The van der Waals surface area contributed by atoms with Gasteiger partial charge in [0.2, 0.25) is 0 Å². The summed E-state index contributed by atoms with van der Waals surface area (Å²) in [6.45, 7) is 1.65. The molecule has 0 spiro atoms. The van der Waals surface area contributed by atoms with Gasteiger partial charge in [0.25, 0.3) is 11.8 Å². The molecule has 2 aromatic carbocycles. The number of anilines is 1. The number of nitrogens with two attached hydrogens (primary N) is 1. The largest absolute Gasteiger partial charge is 0.508 e. The number of nitrogen functional groups attached to an aromatic ring is 1. The third-order valence-electron chi connectivity index (χ3n) is 4.36. The average Bonchev–Trinajstić information content (AvgIpc) is 2.80. The van der Waals surface area contributed by atoms with Crippen molar-refractivity contribution in [1.82, 2.24) is 4.90 Å². The number of imide groups is 1. The van der Waals surface area contributed by atoms with Crippen LogP contribution in [-0.4, -0.2) is 42.2 Å². The zero-order chi connectivity index (χ0) is 19.2. The Morgan fingerprint density at radius 2 is 1.85 bits per heavy atom. The topological polar surface area (TPSA) is 118 Å². The second kappa shape index (κ2) is 6.14. The first kappa shape index (κ1) is 17.9. The van der Waals surface area contributed by atoms with Gasteiger partial charge in [0.05, 0.1) is 22.9 Å². The molecule has 1 aliphatic heterocycles. The van der Waals surface area contributed by atoms with E-state index in [1.165, 1.54) is 24.3 Å². The maximum absolute atomic E-state index is 12.9. The molecule has 1 atom stereocenters. The summed E-state index contributed by atoms with van der Waals surface area (Å²) < 4.78 is 23.9. The molecule has 8 heteroatoms. The third-order valence-corrected chi connectivity index (χ3v) is 5.28. The van der Waals surface area contributed by atoms with Crippen molar-refractivity contribution in [3.8, 4) is 5.75 Å². The summed E-state index contributed by atoms with van der Waals surface area (Å²) in [5.74, 6) is -1.60. The van der Waals surface area contributed by atoms with Crippen molar-refractivity contribution >= 4 is 27.3 Å². The minimum Gasteiger partial charge on any atom is -0.508 e. The van der Waals surface area contributed by atoms with Gasteiger partial charge in [-0.15, -0.1) is 0 Å². The summed E-state index contributed by atoms with van der Waals surface area (Å²) >= 11 is 0.